The number of carbonyl (C=O) groups excluding carboxylic acids is 1. The first kappa shape index (κ1) is 19.0. The van der Waals surface area contributed by atoms with Gasteiger partial charge in [0, 0.05) is 13.1 Å². The maximum atomic E-state index is 11.9. The molecule has 0 aliphatic carbocycles. The van der Waals surface area contributed by atoms with Gasteiger partial charge in [-0.1, -0.05) is 12.1 Å². The fourth-order valence-electron chi connectivity index (χ4n) is 1.88. The zero-order valence-corrected chi connectivity index (χ0v) is 14.4. The zero-order valence-electron chi connectivity index (χ0n) is 13.5. The number of nitrogens with zero attached hydrogens (tertiary/aromatic N) is 1. The normalized spacial score (nSPS) is 11.1. The largest absolute Gasteiger partial charge is 0.493 e. The van der Waals surface area contributed by atoms with Crippen LogP contribution in [0.2, 0.25) is 0 Å². The molecule has 0 bridgehead atoms. The van der Waals surface area contributed by atoms with Crippen molar-refractivity contribution in [3.8, 4) is 11.5 Å². The number of hydrogen-bond acceptors (Lipinski definition) is 5. The lowest BCUT2D eigenvalue weighted by Gasteiger charge is -2.20. The van der Waals surface area contributed by atoms with Crippen LogP contribution in [0, 0.1) is 0 Å². The van der Waals surface area contributed by atoms with Crippen molar-refractivity contribution >= 4 is 15.9 Å². The van der Waals surface area contributed by atoms with Crippen molar-refractivity contribution in [1.29, 1.82) is 0 Å². The molecule has 8 heteroatoms. The lowest BCUT2D eigenvalue weighted by atomic mass is 10.2. The fourth-order valence-corrected chi connectivity index (χ4v) is 2.61. The van der Waals surface area contributed by atoms with Gasteiger partial charge >= 0.3 is 0 Å². The first-order valence-electron chi connectivity index (χ1n) is 6.85. The molecular formula is C15H22N2O5S. The van der Waals surface area contributed by atoms with Crippen LogP contribution in [0.4, 0.5) is 0 Å². The van der Waals surface area contributed by atoms with Gasteiger partial charge in [-0.15, -0.1) is 6.58 Å². The predicted octanol–water partition coefficient (Wildman–Crippen LogP) is 0.768. The second-order valence-corrected chi connectivity index (χ2v) is 6.80. The Morgan fingerprint density at radius 1 is 1.30 bits per heavy atom. The van der Waals surface area contributed by atoms with Crippen LogP contribution in [-0.4, -0.2) is 52.2 Å². The topological polar surface area (TPSA) is 84.9 Å². The number of rotatable bonds is 9. The number of benzene rings is 1. The highest BCUT2D eigenvalue weighted by Gasteiger charge is 2.21. The summed E-state index contributed by atoms with van der Waals surface area (Å²) in [4.78, 5) is 11.8. The van der Waals surface area contributed by atoms with Crippen LogP contribution < -0.4 is 14.8 Å². The first-order chi connectivity index (χ1) is 10.8. The molecule has 0 atom stereocenters. The molecule has 0 radical (unpaired) electrons. The summed E-state index contributed by atoms with van der Waals surface area (Å²) in [7, 11) is -0.527. The van der Waals surface area contributed by atoms with Crippen molar-refractivity contribution in [3.63, 3.8) is 0 Å². The van der Waals surface area contributed by atoms with Gasteiger partial charge in [0.05, 0.1) is 27.0 Å². The molecule has 0 unspecified atom stereocenters. The highest BCUT2D eigenvalue weighted by molar-refractivity contribution is 7.88. The Morgan fingerprint density at radius 2 is 1.96 bits per heavy atom. The smallest absolute Gasteiger partial charge is 0.235 e. The third kappa shape index (κ3) is 5.91. The van der Waals surface area contributed by atoms with Crippen molar-refractivity contribution in [2.45, 2.75) is 6.54 Å². The lowest BCUT2D eigenvalue weighted by molar-refractivity contribution is -0.121. The summed E-state index contributed by atoms with van der Waals surface area (Å²) in [6.07, 6.45) is 2.59. The Morgan fingerprint density at radius 3 is 2.48 bits per heavy atom. The molecule has 1 N–H and O–H groups in total. The highest BCUT2D eigenvalue weighted by atomic mass is 32.2. The summed E-state index contributed by atoms with van der Waals surface area (Å²) in [5.74, 6) is 0.649. The predicted molar refractivity (Wildman–Crippen MR) is 88.0 cm³/mol. The Labute approximate surface area is 136 Å². The molecule has 0 aliphatic rings. The third-order valence-electron chi connectivity index (χ3n) is 3.04. The average Bonchev–Trinajstić information content (AvgIpc) is 2.51. The molecule has 0 aliphatic heterocycles. The maximum Gasteiger partial charge on any atom is 0.235 e. The van der Waals surface area contributed by atoms with E-state index in [0.717, 1.165) is 10.6 Å². The molecule has 0 saturated heterocycles. The van der Waals surface area contributed by atoms with E-state index in [1.807, 2.05) is 0 Å². The lowest BCUT2D eigenvalue weighted by Crippen LogP contribution is -2.39. The molecule has 0 saturated carbocycles. The molecule has 0 spiro atoms. The Kier molecular flexibility index (Phi) is 7.05. The van der Waals surface area contributed by atoms with Crippen LogP contribution in [-0.2, 0) is 21.4 Å². The van der Waals surface area contributed by atoms with Gasteiger partial charge in [-0.25, -0.2) is 8.42 Å². The fraction of sp³-hybridized carbons (Fsp3) is 0.400. The van der Waals surface area contributed by atoms with Gasteiger partial charge < -0.3 is 14.8 Å². The van der Waals surface area contributed by atoms with Gasteiger partial charge in [0.15, 0.2) is 11.5 Å². The Balaban J connectivity index is 2.94. The van der Waals surface area contributed by atoms with Crippen molar-refractivity contribution in [1.82, 2.24) is 9.62 Å². The second-order valence-electron chi connectivity index (χ2n) is 4.81. The minimum atomic E-state index is -3.54. The molecule has 0 fully saturated rings. The van der Waals surface area contributed by atoms with Crippen LogP contribution in [0.5, 0.6) is 11.5 Å². The molecule has 1 aromatic rings. The van der Waals surface area contributed by atoms with E-state index in [1.54, 1.807) is 18.2 Å². The van der Waals surface area contributed by atoms with E-state index in [-0.39, 0.29) is 19.6 Å². The maximum absolute atomic E-state index is 11.9. The molecule has 0 aromatic heterocycles. The summed E-state index contributed by atoms with van der Waals surface area (Å²) in [5.41, 5.74) is 0.685. The zero-order chi connectivity index (χ0) is 17.5. The van der Waals surface area contributed by atoms with E-state index < -0.39 is 15.9 Å². The van der Waals surface area contributed by atoms with Gasteiger partial charge in [-0.3, -0.25) is 4.79 Å². The van der Waals surface area contributed by atoms with Crippen molar-refractivity contribution < 1.29 is 22.7 Å². The van der Waals surface area contributed by atoms with Gasteiger partial charge in [0.25, 0.3) is 0 Å². The number of nitrogens with one attached hydrogen (secondary N) is 1. The minimum Gasteiger partial charge on any atom is -0.493 e. The van der Waals surface area contributed by atoms with Gasteiger partial charge in [-0.05, 0) is 17.7 Å². The van der Waals surface area contributed by atoms with Gasteiger partial charge in [0.1, 0.15) is 0 Å². The molecule has 1 rings (SSSR count). The molecule has 1 amide bonds. The minimum absolute atomic E-state index is 0.0562. The van der Waals surface area contributed by atoms with E-state index in [9.17, 15) is 13.2 Å². The standard InChI is InChI=1S/C15H22N2O5S/c1-5-8-16-15(18)11-17(23(4,19)20)10-12-6-7-13(21-2)14(9-12)22-3/h5-7,9H,1,8,10-11H2,2-4H3,(H,16,18). The van der Waals surface area contributed by atoms with Crippen molar-refractivity contribution in [2.24, 2.45) is 0 Å². The van der Waals surface area contributed by atoms with E-state index in [2.05, 4.69) is 11.9 Å². The number of ether oxygens (including phenoxy) is 2. The van der Waals surface area contributed by atoms with E-state index in [4.69, 9.17) is 9.47 Å². The van der Waals surface area contributed by atoms with E-state index in [0.29, 0.717) is 17.1 Å². The second kappa shape index (κ2) is 8.54. The van der Waals surface area contributed by atoms with Crippen LogP contribution in [0.25, 0.3) is 0 Å². The van der Waals surface area contributed by atoms with E-state index >= 15 is 0 Å². The quantitative estimate of drug-likeness (QED) is 0.670. The monoisotopic (exact) mass is 342 g/mol. The molecule has 7 nitrogen and oxygen atoms in total. The average molecular weight is 342 g/mol. The summed E-state index contributed by atoms with van der Waals surface area (Å²) in [6, 6.07) is 5.09. The molecule has 128 valence electrons. The Bertz CT molecular complexity index is 658. The van der Waals surface area contributed by atoms with Gasteiger partial charge in [-0.2, -0.15) is 4.31 Å². The third-order valence-corrected chi connectivity index (χ3v) is 4.24. The van der Waals surface area contributed by atoms with Crippen LogP contribution in [0.3, 0.4) is 0 Å². The SMILES string of the molecule is C=CCNC(=O)CN(Cc1ccc(OC)c(OC)c1)S(C)(=O)=O. The van der Waals surface area contributed by atoms with Crippen molar-refractivity contribution in [3.05, 3.63) is 36.4 Å². The van der Waals surface area contributed by atoms with Gasteiger partial charge in [0.2, 0.25) is 15.9 Å². The number of sulfonamides is 1. The summed E-state index contributed by atoms with van der Waals surface area (Å²) in [6.45, 7) is 3.57. The first-order valence-corrected chi connectivity index (χ1v) is 8.70. The summed E-state index contributed by atoms with van der Waals surface area (Å²) >= 11 is 0. The van der Waals surface area contributed by atoms with E-state index in [1.165, 1.54) is 20.3 Å². The van der Waals surface area contributed by atoms with Crippen LogP contribution >= 0.6 is 0 Å². The number of carbonyl (C=O) groups is 1. The summed E-state index contributed by atoms with van der Waals surface area (Å²) < 4.78 is 35.2. The highest BCUT2D eigenvalue weighted by Crippen LogP contribution is 2.28. The molecular weight excluding hydrogens is 320 g/mol. The van der Waals surface area contributed by atoms with Crippen LogP contribution in [0.15, 0.2) is 30.9 Å². The van der Waals surface area contributed by atoms with Crippen LogP contribution in [0.1, 0.15) is 5.56 Å². The number of hydrogen-bond donors (Lipinski definition) is 1. The van der Waals surface area contributed by atoms with Crippen molar-refractivity contribution in [2.75, 3.05) is 33.6 Å². The molecule has 23 heavy (non-hydrogen) atoms. The molecule has 1 aromatic carbocycles. The Hall–Kier alpha value is -2.06. The number of methoxy groups -OCH3 is 2. The number of amides is 1. The summed E-state index contributed by atoms with van der Waals surface area (Å²) in [5, 5.41) is 2.55. The molecule has 0 heterocycles.